The normalized spacial score (nSPS) is 14.7. The third-order valence-electron chi connectivity index (χ3n) is 6.11. The first-order valence-corrected chi connectivity index (χ1v) is 12.7. The lowest BCUT2D eigenvalue weighted by molar-refractivity contribution is 0.479. The first kappa shape index (κ1) is 22.5. The number of benzene rings is 2. The van der Waals surface area contributed by atoms with Crippen LogP contribution in [0.3, 0.4) is 0 Å². The number of aromatic nitrogens is 4. The zero-order valence-electron chi connectivity index (χ0n) is 18.3. The van der Waals surface area contributed by atoms with Gasteiger partial charge in [0, 0.05) is 5.56 Å². The average molecular weight is 501 g/mol. The number of hydrogen-bond donors (Lipinski definition) is 2. The zero-order chi connectivity index (χ0) is 24.0. The number of nitrogens with two attached hydrogens (primary N) is 1. The number of rotatable bonds is 5. The summed E-state index contributed by atoms with van der Waals surface area (Å²) in [5.41, 5.74) is 7.90. The van der Waals surface area contributed by atoms with Gasteiger partial charge in [-0.3, -0.25) is 4.72 Å². The van der Waals surface area contributed by atoms with E-state index >= 15 is 4.39 Å². The van der Waals surface area contributed by atoms with Crippen molar-refractivity contribution < 1.29 is 12.8 Å². The summed E-state index contributed by atoms with van der Waals surface area (Å²) in [5, 5.41) is 5.34. The molecule has 0 radical (unpaired) electrons. The number of sulfonamides is 1. The molecule has 4 aromatic rings. The summed E-state index contributed by atoms with van der Waals surface area (Å²) >= 11 is 6.10. The minimum atomic E-state index is -4.10. The second-order valence-electron chi connectivity index (χ2n) is 8.37. The number of nitrogens with zero attached hydrogens (tertiary/aromatic N) is 4. The van der Waals surface area contributed by atoms with E-state index in [-0.39, 0.29) is 27.5 Å². The summed E-state index contributed by atoms with van der Waals surface area (Å²) in [4.78, 5) is 8.38. The number of aryl methyl sites for hydroxylation is 1. The maximum Gasteiger partial charge on any atom is 0.263 e. The van der Waals surface area contributed by atoms with Gasteiger partial charge in [-0.25, -0.2) is 27.5 Å². The van der Waals surface area contributed by atoms with Crippen molar-refractivity contribution in [1.29, 1.82) is 0 Å². The molecule has 3 N–H and O–H groups in total. The van der Waals surface area contributed by atoms with E-state index in [0.29, 0.717) is 27.9 Å². The molecular formula is C23H22ClFN6O2S. The van der Waals surface area contributed by atoms with Gasteiger partial charge in [0.2, 0.25) is 0 Å². The predicted molar refractivity (Wildman–Crippen MR) is 130 cm³/mol. The molecule has 2 aromatic carbocycles. The average Bonchev–Trinajstić information content (AvgIpc) is 3.43. The monoisotopic (exact) mass is 500 g/mol. The Hall–Kier alpha value is -3.24. The molecule has 1 aliphatic carbocycles. The van der Waals surface area contributed by atoms with E-state index in [1.165, 1.54) is 24.5 Å². The number of halogens is 2. The van der Waals surface area contributed by atoms with Crippen LogP contribution < -0.4 is 10.5 Å². The molecule has 0 bridgehead atoms. The Morgan fingerprint density at radius 1 is 1.18 bits per heavy atom. The van der Waals surface area contributed by atoms with E-state index < -0.39 is 15.8 Å². The Kier molecular flexibility index (Phi) is 5.65. The number of anilines is 2. The molecule has 5 rings (SSSR count). The lowest BCUT2D eigenvalue weighted by Gasteiger charge is -2.13. The topological polar surface area (TPSA) is 116 Å². The molecule has 0 atom stereocenters. The molecule has 2 heterocycles. The van der Waals surface area contributed by atoms with Crippen LogP contribution in [0.1, 0.15) is 37.3 Å². The molecule has 1 fully saturated rings. The van der Waals surface area contributed by atoms with Crippen molar-refractivity contribution in [2.45, 2.75) is 43.5 Å². The van der Waals surface area contributed by atoms with Crippen LogP contribution in [-0.4, -0.2) is 28.2 Å². The van der Waals surface area contributed by atoms with Crippen LogP contribution in [-0.2, 0) is 10.0 Å². The van der Waals surface area contributed by atoms with Gasteiger partial charge < -0.3 is 5.73 Å². The molecule has 2 aromatic heterocycles. The molecule has 11 heteroatoms. The Morgan fingerprint density at radius 3 is 2.65 bits per heavy atom. The molecule has 1 aliphatic rings. The first-order chi connectivity index (χ1) is 16.3. The second-order valence-corrected chi connectivity index (χ2v) is 10.4. The summed E-state index contributed by atoms with van der Waals surface area (Å²) in [5.74, 6) is -0.506. The maximum atomic E-state index is 15.1. The third-order valence-corrected chi connectivity index (χ3v) is 8.10. The van der Waals surface area contributed by atoms with Gasteiger partial charge in [-0.2, -0.15) is 5.10 Å². The van der Waals surface area contributed by atoms with Crippen LogP contribution in [0.5, 0.6) is 0 Å². The van der Waals surface area contributed by atoms with Crippen molar-refractivity contribution in [3.05, 3.63) is 59.1 Å². The molecule has 0 aliphatic heterocycles. The summed E-state index contributed by atoms with van der Waals surface area (Å²) in [6, 6.07) is 9.11. The van der Waals surface area contributed by atoms with E-state index in [1.54, 1.807) is 25.1 Å². The molecule has 176 valence electrons. The molecule has 8 nitrogen and oxygen atoms in total. The van der Waals surface area contributed by atoms with Crippen molar-refractivity contribution in [1.82, 2.24) is 19.7 Å². The van der Waals surface area contributed by atoms with E-state index in [1.807, 2.05) is 4.68 Å². The van der Waals surface area contributed by atoms with Gasteiger partial charge in [-0.15, -0.1) is 0 Å². The van der Waals surface area contributed by atoms with Gasteiger partial charge >= 0.3 is 0 Å². The molecule has 1 saturated carbocycles. The SMILES string of the molecule is Cc1cccc(Cl)c1S(=O)(=O)Nc1ccc(-c2nn(C3CCCC3)c3ncnc(N)c23)cc1F. The van der Waals surface area contributed by atoms with Crippen LogP contribution in [0.4, 0.5) is 15.9 Å². The minimum Gasteiger partial charge on any atom is -0.383 e. The number of nitrogens with one attached hydrogen (secondary N) is 1. The van der Waals surface area contributed by atoms with Crippen molar-refractivity contribution in [2.75, 3.05) is 10.5 Å². The smallest absolute Gasteiger partial charge is 0.263 e. The van der Waals surface area contributed by atoms with Crippen LogP contribution in [0, 0.1) is 12.7 Å². The van der Waals surface area contributed by atoms with Gasteiger partial charge in [-0.05, 0) is 43.5 Å². The summed E-state index contributed by atoms with van der Waals surface area (Å²) in [6.07, 6.45) is 5.57. The van der Waals surface area contributed by atoms with Gasteiger partial charge in [0.1, 0.15) is 28.6 Å². The summed E-state index contributed by atoms with van der Waals surface area (Å²) in [7, 11) is -4.10. The molecule has 34 heavy (non-hydrogen) atoms. The summed E-state index contributed by atoms with van der Waals surface area (Å²) < 4.78 is 45.1. The van der Waals surface area contributed by atoms with Gasteiger partial charge in [0.25, 0.3) is 10.0 Å². The lowest BCUT2D eigenvalue weighted by Crippen LogP contribution is -2.15. The molecule has 0 unspecified atom stereocenters. The standard InChI is InChI=1S/C23H22ClFN6O2S/c1-13-5-4-8-16(24)21(13)34(32,33)30-18-10-9-14(11-17(18)25)20-19-22(26)27-12-28-23(19)31(29-20)15-6-2-3-7-15/h4-5,8-12,15,30H,2-3,6-7H2,1H3,(H2,26,27,28). The van der Waals surface area contributed by atoms with Crippen LogP contribution in [0.15, 0.2) is 47.6 Å². The number of nitrogen functional groups attached to an aromatic ring is 1. The van der Waals surface area contributed by atoms with Crippen molar-refractivity contribution >= 4 is 44.2 Å². The first-order valence-electron chi connectivity index (χ1n) is 10.8. The predicted octanol–water partition coefficient (Wildman–Crippen LogP) is 5.09. The number of fused-ring (bicyclic) bond motifs is 1. The third kappa shape index (κ3) is 3.86. The highest BCUT2D eigenvalue weighted by molar-refractivity contribution is 7.92. The van der Waals surface area contributed by atoms with Gasteiger partial charge in [0.15, 0.2) is 5.65 Å². The molecule has 0 saturated heterocycles. The highest BCUT2D eigenvalue weighted by Crippen LogP contribution is 2.37. The molecular weight excluding hydrogens is 479 g/mol. The Morgan fingerprint density at radius 2 is 1.94 bits per heavy atom. The van der Waals surface area contributed by atoms with Crippen molar-refractivity contribution in [3.63, 3.8) is 0 Å². The Labute approximate surface area is 201 Å². The summed E-state index contributed by atoms with van der Waals surface area (Å²) in [6.45, 7) is 1.62. The highest BCUT2D eigenvalue weighted by atomic mass is 35.5. The van der Waals surface area contributed by atoms with E-state index in [2.05, 4.69) is 14.7 Å². The largest absolute Gasteiger partial charge is 0.383 e. The Balaban J connectivity index is 1.55. The zero-order valence-corrected chi connectivity index (χ0v) is 19.9. The van der Waals surface area contributed by atoms with E-state index in [9.17, 15) is 8.42 Å². The maximum absolute atomic E-state index is 15.1. The highest BCUT2D eigenvalue weighted by Gasteiger charge is 2.26. The Bertz CT molecular complexity index is 1500. The van der Waals surface area contributed by atoms with Crippen molar-refractivity contribution in [3.8, 4) is 11.3 Å². The minimum absolute atomic E-state index is 0.0592. The van der Waals surface area contributed by atoms with Crippen LogP contribution >= 0.6 is 11.6 Å². The lowest BCUT2D eigenvalue weighted by atomic mass is 10.1. The van der Waals surface area contributed by atoms with E-state index in [0.717, 1.165) is 25.7 Å². The molecule has 0 amide bonds. The quantitative estimate of drug-likeness (QED) is 0.394. The van der Waals surface area contributed by atoms with Crippen molar-refractivity contribution in [2.24, 2.45) is 0 Å². The molecule has 0 spiro atoms. The van der Waals surface area contributed by atoms with Gasteiger partial charge in [0.05, 0.1) is 22.1 Å². The second kappa shape index (κ2) is 8.52. The fourth-order valence-electron chi connectivity index (χ4n) is 4.50. The van der Waals surface area contributed by atoms with E-state index in [4.69, 9.17) is 22.4 Å². The fraction of sp³-hybridized carbons (Fsp3) is 0.261. The fourth-order valence-corrected chi connectivity index (χ4v) is 6.40. The van der Waals surface area contributed by atoms with Crippen LogP contribution in [0.2, 0.25) is 5.02 Å². The van der Waals surface area contributed by atoms with Crippen LogP contribution in [0.25, 0.3) is 22.3 Å². The van der Waals surface area contributed by atoms with Gasteiger partial charge in [-0.1, -0.05) is 42.6 Å². The number of hydrogen-bond acceptors (Lipinski definition) is 6.